The lowest BCUT2D eigenvalue weighted by molar-refractivity contribution is 0.0684. The molecule has 1 heterocycles. The molecule has 0 saturated carbocycles. The second-order valence-corrected chi connectivity index (χ2v) is 4.59. The lowest BCUT2D eigenvalue weighted by atomic mass is 10.2. The molecule has 0 aromatic carbocycles. The fourth-order valence-electron chi connectivity index (χ4n) is 1.05. The number of aryl methyl sites for hydroxylation is 1. The van der Waals surface area contributed by atoms with Crippen molar-refractivity contribution >= 4 is 11.3 Å². The molecule has 0 amide bonds. The molecule has 0 radical (unpaired) electrons. The van der Waals surface area contributed by atoms with E-state index in [4.69, 9.17) is 10.5 Å². The third kappa shape index (κ3) is 3.46. The highest BCUT2D eigenvalue weighted by Gasteiger charge is 2.08. The maximum Gasteiger partial charge on any atom is 0.0663 e. The predicted molar refractivity (Wildman–Crippen MR) is 57.1 cm³/mol. The molecular formula is C10H17NOS. The topological polar surface area (TPSA) is 35.2 Å². The van der Waals surface area contributed by atoms with Crippen LogP contribution in [0.5, 0.6) is 0 Å². The molecule has 1 rings (SSSR count). The Labute approximate surface area is 83.7 Å². The summed E-state index contributed by atoms with van der Waals surface area (Å²) in [5.41, 5.74) is 7.12. The lowest BCUT2D eigenvalue weighted by Gasteiger charge is -2.12. The molecule has 0 fully saturated rings. The van der Waals surface area contributed by atoms with Crippen molar-refractivity contribution in [2.75, 3.05) is 6.61 Å². The van der Waals surface area contributed by atoms with E-state index in [1.165, 1.54) is 10.4 Å². The molecular weight excluding hydrogens is 182 g/mol. The number of thiophene rings is 1. The van der Waals surface area contributed by atoms with Gasteiger partial charge in [0, 0.05) is 4.88 Å². The number of nitrogens with two attached hydrogens (primary N) is 1. The molecule has 1 unspecified atom stereocenters. The fraction of sp³-hybridized carbons (Fsp3) is 0.600. The molecule has 74 valence electrons. The average molecular weight is 199 g/mol. The molecule has 0 saturated heterocycles. The van der Waals surface area contributed by atoms with Crippen LogP contribution in [-0.2, 0) is 4.74 Å². The van der Waals surface area contributed by atoms with E-state index in [-0.39, 0.29) is 12.1 Å². The first-order chi connectivity index (χ1) is 6.09. The van der Waals surface area contributed by atoms with Crippen molar-refractivity contribution in [1.29, 1.82) is 0 Å². The highest BCUT2D eigenvalue weighted by molar-refractivity contribution is 7.10. The summed E-state index contributed by atoms with van der Waals surface area (Å²) in [6.07, 6.45) is 0.255. The van der Waals surface area contributed by atoms with Crippen molar-refractivity contribution in [3.63, 3.8) is 0 Å². The monoisotopic (exact) mass is 199 g/mol. The largest absolute Gasteiger partial charge is 0.377 e. The van der Waals surface area contributed by atoms with Crippen molar-refractivity contribution in [2.45, 2.75) is 32.9 Å². The van der Waals surface area contributed by atoms with Crippen LogP contribution in [0.4, 0.5) is 0 Å². The molecule has 0 aliphatic rings. The van der Waals surface area contributed by atoms with Gasteiger partial charge < -0.3 is 10.5 Å². The summed E-state index contributed by atoms with van der Waals surface area (Å²) in [6, 6.07) is 2.14. The molecule has 0 aliphatic carbocycles. The first kappa shape index (κ1) is 10.7. The number of hydrogen-bond acceptors (Lipinski definition) is 3. The molecule has 1 aromatic rings. The zero-order chi connectivity index (χ0) is 9.84. The van der Waals surface area contributed by atoms with E-state index in [1.54, 1.807) is 11.3 Å². The van der Waals surface area contributed by atoms with E-state index in [9.17, 15) is 0 Å². The minimum absolute atomic E-state index is 0.0207. The molecule has 3 heteroatoms. The Morgan fingerprint density at radius 1 is 1.54 bits per heavy atom. The average Bonchev–Trinajstić information content (AvgIpc) is 2.47. The summed E-state index contributed by atoms with van der Waals surface area (Å²) in [6.45, 7) is 6.73. The van der Waals surface area contributed by atoms with E-state index in [0.717, 1.165) is 0 Å². The molecule has 13 heavy (non-hydrogen) atoms. The van der Waals surface area contributed by atoms with Gasteiger partial charge in [0.2, 0.25) is 0 Å². The molecule has 0 bridgehead atoms. The van der Waals surface area contributed by atoms with Gasteiger partial charge in [-0.1, -0.05) is 0 Å². The van der Waals surface area contributed by atoms with Crippen molar-refractivity contribution in [3.05, 3.63) is 21.9 Å². The summed E-state index contributed by atoms with van der Waals surface area (Å²) < 4.78 is 5.45. The van der Waals surface area contributed by atoms with Crippen LogP contribution in [0.15, 0.2) is 11.4 Å². The zero-order valence-electron chi connectivity index (χ0n) is 8.41. The van der Waals surface area contributed by atoms with E-state index in [2.05, 4.69) is 18.4 Å². The van der Waals surface area contributed by atoms with Crippen molar-refractivity contribution in [2.24, 2.45) is 5.73 Å². The zero-order valence-corrected chi connectivity index (χ0v) is 9.23. The van der Waals surface area contributed by atoms with Crippen LogP contribution < -0.4 is 5.73 Å². The second-order valence-electron chi connectivity index (χ2n) is 3.48. The Morgan fingerprint density at radius 3 is 2.69 bits per heavy atom. The minimum atomic E-state index is 0.0207. The van der Waals surface area contributed by atoms with Crippen LogP contribution >= 0.6 is 11.3 Å². The van der Waals surface area contributed by atoms with Gasteiger partial charge in [-0.2, -0.15) is 0 Å². The lowest BCUT2D eigenvalue weighted by Crippen LogP contribution is -2.18. The Morgan fingerprint density at radius 2 is 2.23 bits per heavy atom. The van der Waals surface area contributed by atoms with Crippen LogP contribution in [0.2, 0.25) is 0 Å². The highest BCUT2D eigenvalue weighted by atomic mass is 32.1. The minimum Gasteiger partial charge on any atom is -0.377 e. The van der Waals surface area contributed by atoms with E-state index in [1.807, 2.05) is 13.8 Å². The van der Waals surface area contributed by atoms with Gasteiger partial charge in [0.05, 0.1) is 18.8 Å². The Hall–Kier alpha value is -0.380. The van der Waals surface area contributed by atoms with E-state index >= 15 is 0 Å². The van der Waals surface area contributed by atoms with Crippen LogP contribution in [0.3, 0.4) is 0 Å². The van der Waals surface area contributed by atoms with Gasteiger partial charge in [0.25, 0.3) is 0 Å². The third-order valence-electron chi connectivity index (χ3n) is 1.79. The first-order valence-electron chi connectivity index (χ1n) is 4.52. The SMILES string of the molecule is Cc1cc(C(N)COC(C)C)cs1. The van der Waals surface area contributed by atoms with Crippen LogP contribution in [0, 0.1) is 6.92 Å². The molecule has 2 nitrogen and oxygen atoms in total. The number of ether oxygens (including phenoxy) is 1. The summed E-state index contributed by atoms with van der Waals surface area (Å²) in [5, 5.41) is 2.10. The van der Waals surface area contributed by atoms with Gasteiger partial charge in [-0.3, -0.25) is 0 Å². The smallest absolute Gasteiger partial charge is 0.0663 e. The number of hydrogen-bond donors (Lipinski definition) is 1. The normalized spacial score (nSPS) is 13.6. The Kier molecular flexibility index (Phi) is 3.90. The maximum atomic E-state index is 5.94. The molecule has 1 aromatic heterocycles. The van der Waals surface area contributed by atoms with Gasteiger partial charge in [-0.15, -0.1) is 11.3 Å². The van der Waals surface area contributed by atoms with E-state index in [0.29, 0.717) is 6.61 Å². The Bertz CT molecular complexity index is 257. The molecule has 2 N–H and O–H groups in total. The molecule has 0 aliphatic heterocycles. The standard InChI is InChI=1S/C10H17NOS/c1-7(2)12-5-10(11)9-4-8(3)13-6-9/h4,6-7,10H,5,11H2,1-3H3. The Balaban J connectivity index is 2.44. The van der Waals surface area contributed by atoms with Crippen LogP contribution in [0.25, 0.3) is 0 Å². The highest BCUT2D eigenvalue weighted by Crippen LogP contribution is 2.19. The second kappa shape index (κ2) is 4.74. The van der Waals surface area contributed by atoms with Gasteiger partial charge in [0.15, 0.2) is 0 Å². The van der Waals surface area contributed by atoms with Crippen molar-refractivity contribution in [1.82, 2.24) is 0 Å². The maximum absolute atomic E-state index is 5.94. The van der Waals surface area contributed by atoms with E-state index < -0.39 is 0 Å². The molecule has 0 spiro atoms. The van der Waals surface area contributed by atoms with Gasteiger partial charge in [-0.05, 0) is 37.8 Å². The quantitative estimate of drug-likeness (QED) is 0.808. The number of rotatable bonds is 4. The fourth-order valence-corrected chi connectivity index (χ4v) is 1.82. The summed E-state index contributed by atoms with van der Waals surface area (Å²) in [5.74, 6) is 0. The van der Waals surface area contributed by atoms with Crippen LogP contribution in [-0.4, -0.2) is 12.7 Å². The van der Waals surface area contributed by atoms with Gasteiger partial charge in [0.1, 0.15) is 0 Å². The summed E-state index contributed by atoms with van der Waals surface area (Å²) in [7, 11) is 0. The van der Waals surface area contributed by atoms with Crippen LogP contribution in [0.1, 0.15) is 30.3 Å². The van der Waals surface area contributed by atoms with Crippen molar-refractivity contribution < 1.29 is 4.74 Å². The third-order valence-corrected chi connectivity index (χ3v) is 2.67. The van der Waals surface area contributed by atoms with Gasteiger partial charge in [-0.25, -0.2) is 0 Å². The summed E-state index contributed by atoms with van der Waals surface area (Å²) >= 11 is 1.73. The molecule has 1 atom stereocenters. The predicted octanol–water partition coefficient (Wildman–Crippen LogP) is 2.48. The van der Waals surface area contributed by atoms with Gasteiger partial charge >= 0.3 is 0 Å². The first-order valence-corrected chi connectivity index (χ1v) is 5.39. The van der Waals surface area contributed by atoms with Crippen molar-refractivity contribution in [3.8, 4) is 0 Å². The summed E-state index contributed by atoms with van der Waals surface area (Å²) in [4.78, 5) is 1.30.